The molecule has 0 aromatic heterocycles. The van der Waals surface area contributed by atoms with Gasteiger partial charge in [0.2, 0.25) is 11.8 Å². The third-order valence-electron chi connectivity index (χ3n) is 2.99. The van der Waals surface area contributed by atoms with Gasteiger partial charge in [-0.25, -0.2) is 0 Å². The molecule has 1 aliphatic heterocycles. The molecule has 2 amide bonds. The quantitative estimate of drug-likeness (QED) is 0.497. The second kappa shape index (κ2) is 6.74. The van der Waals surface area contributed by atoms with Crippen LogP contribution in [-0.4, -0.2) is 44.2 Å². The number of rotatable bonds is 5. The van der Waals surface area contributed by atoms with Crippen LogP contribution < -0.4 is 16.0 Å². The van der Waals surface area contributed by atoms with Crippen molar-refractivity contribution in [2.24, 2.45) is 5.92 Å². The Kier molecular flexibility index (Phi) is 5.59. The number of amides is 2. The Labute approximate surface area is 109 Å². The fraction of sp³-hybridized carbons (Fsp3) is 0.818. The lowest BCUT2D eigenvalue weighted by atomic mass is 9.93. The minimum absolute atomic E-state index is 0.0755. The summed E-state index contributed by atoms with van der Waals surface area (Å²) < 4.78 is 37.2. The lowest BCUT2D eigenvalue weighted by molar-refractivity contribution is -0.171. The molecule has 0 aromatic rings. The molecular weight excluding hydrogens is 263 g/mol. The number of carbonyl (C=O) groups excluding carboxylic acids is 2. The molecular formula is C11H18F3N3O2. The molecule has 2 atom stereocenters. The SMILES string of the molecule is CNCCCNC(=O)C1CCC(C(F)(F)F)NC1=O. The van der Waals surface area contributed by atoms with Crippen LogP contribution in [0.2, 0.25) is 0 Å². The van der Waals surface area contributed by atoms with E-state index in [9.17, 15) is 22.8 Å². The molecule has 1 fully saturated rings. The van der Waals surface area contributed by atoms with Crippen molar-refractivity contribution in [1.29, 1.82) is 0 Å². The van der Waals surface area contributed by atoms with Gasteiger partial charge in [-0.2, -0.15) is 13.2 Å². The summed E-state index contributed by atoms with van der Waals surface area (Å²) >= 11 is 0. The number of piperidine rings is 1. The highest BCUT2D eigenvalue weighted by molar-refractivity contribution is 6.00. The predicted molar refractivity (Wildman–Crippen MR) is 62.3 cm³/mol. The van der Waals surface area contributed by atoms with Crippen LogP contribution in [0.4, 0.5) is 13.2 Å². The summed E-state index contributed by atoms with van der Waals surface area (Å²) in [5.74, 6) is -2.37. The maximum Gasteiger partial charge on any atom is 0.408 e. The zero-order chi connectivity index (χ0) is 14.5. The topological polar surface area (TPSA) is 70.2 Å². The van der Waals surface area contributed by atoms with Crippen LogP contribution in [0.1, 0.15) is 19.3 Å². The standard InChI is InChI=1S/C11H18F3N3O2/c1-15-5-2-6-16-9(18)7-3-4-8(11(12,13)14)17-10(7)19/h7-8,15H,2-6H2,1H3,(H,16,18)(H,17,19). The Bertz CT molecular complexity index is 334. The number of nitrogens with one attached hydrogen (secondary N) is 3. The molecule has 1 aliphatic rings. The average molecular weight is 281 g/mol. The first-order valence-electron chi connectivity index (χ1n) is 6.15. The van der Waals surface area contributed by atoms with E-state index in [0.29, 0.717) is 19.5 Å². The van der Waals surface area contributed by atoms with Gasteiger partial charge in [-0.3, -0.25) is 9.59 Å². The fourth-order valence-electron chi connectivity index (χ4n) is 1.90. The summed E-state index contributed by atoms with van der Waals surface area (Å²) in [5.41, 5.74) is 0. The van der Waals surface area contributed by atoms with Gasteiger partial charge in [0.05, 0.1) is 0 Å². The maximum absolute atomic E-state index is 12.4. The monoisotopic (exact) mass is 281 g/mol. The highest BCUT2D eigenvalue weighted by atomic mass is 19.4. The fourth-order valence-corrected chi connectivity index (χ4v) is 1.90. The number of carbonyl (C=O) groups is 2. The molecule has 110 valence electrons. The Morgan fingerprint density at radius 1 is 1.37 bits per heavy atom. The third kappa shape index (κ3) is 4.70. The van der Waals surface area contributed by atoms with Crippen LogP contribution in [-0.2, 0) is 9.59 Å². The van der Waals surface area contributed by atoms with Gasteiger partial charge in [0.1, 0.15) is 12.0 Å². The molecule has 3 N–H and O–H groups in total. The van der Waals surface area contributed by atoms with Gasteiger partial charge < -0.3 is 16.0 Å². The summed E-state index contributed by atoms with van der Waals surface area (Å²) in [4.78, 5) is 23.2. The molecule has 0 radical (unpaired) electrons. The van der Waals surface area contributed by atoms with Crippen molar-refractivity contribution >= 4 is 11.8 Å². The smallest absolute Gasteiger partial charge is 0.355 e. The van der Waals surface area contributed by atoms with Gasteiger partial charge in [-0.05, 0) is 32.9 Å². The number of alkyl halides is 3. The Balaban J connectivity index is 2.41. The summed E-state index contributed by atoms with van der Waals surface area (Å²) in [6.07, 6.45) is -4.09. The first kappa shape index (κ1) is 15.7. The molecule has 0 bridgehead atoms. The highest BCUT2D eigenvalue weighted by Crippen LogP contribution is 2.28. The lowest BCUT2D eigenvalue weighted by Crippen LogP contribution is -2.54. The molecule has 1 rings (SSSR count). The second-order valence-corrected chi connectivity index (χ2v) is 4.48. The summed E-state index contributed by atoms with van der Waals surface area (Å²) in [6, 6.07) is -1.84. The van der Waals surface area contributed by atoms with Crippen molar-refractivity contribution in [3.05, 3.63) is 0 Å². The summed E-state index contributed by atoms with van der Waals surface area (Å²) in [6.45, 7) is 1.11. The van der Waals surface area contributed by atoms with Crippen molar-refractivity contribution in [3.63, 3.8) is 0 Å². The van der Waals surface area contributed by atoms with Gasteiger partial charge in [0.15, 0.2) is 0 Å². The second-order valence-electron chi connectivity index (χ2n) is 4.48. The van der Waals surface area contributed by atoms with Gasteiger partial charge in [-0.1, -0.05) is 0 Å². The van der Waals surface area contributed by atoms with E-state index in [-0.39, 0.29) is 12.8 Å². The molecule has 19 heavy (non-hydrogen) atoms. The molecule has 5 nitrogen and oxygen atoms in total. The number of halogens is 3. The van der Waals surface area contributed by atoms with E-state index in [1.807, 2.05) is 5.32 Å². The minimum Gasteiger partial charge on any atom is -0.355 e. The van der Waals surface area contributed by atoms with Crippen LogP contribution in [0.15, 0.2) is 0 Å². The summed E-state index contributed by atoms with van der Waals surface area (Å²) in [7, 11) is 1.77. The molecule has 0 saturated carbocycles. The third-order valence-corrected chi connectivity index (χ3v) is 2.99. The largest absolute Gasteiger partial charge is 0.408 e. The molecule has 0 aromatic carbocycles. The maximum atomic E-state index is 12.4. The van der Waals surface area contributed by atoms with Crippen LogP contribution in [0.5, 0.6) is 0 Å². The number of hydrogen-bond donors (Lipinski definition) is 3. The van der Waals surface area contributed by atoms with Crippen molar-refractivity contribution < 1.29 is 22.8 Å². The first-order chi connectivity index (χ1) is 8.86. The van der Waals surface area contributed by atoms with Gasteiger partial charge in [0.25, 0.3) is 0 Å². The predicted octanol–water partition coefficient (Wildman–Crippen LogP) is 0.169. The Morgan fingerprint density at radius 2 is 2.05 bits per heavy atom. The normalized spacial score (nSPS) is 23.9. The number of hydrogen-bond acceptors (Lipinski definition) is 3. The lowest BCUT2D eigenvalue weighted by Gasteiger charge is -2.29. The van der Waals surface area contributed by atoms with E-state index in [1.165, 1.54) is 0 Å². The van der Waals surface area contributed by atoms with Crippen LogP contribution in [0.3, 0.4) is 0 Å². The van der Waals surface area contributed by atoms with Crippen LogP contribution >= 0.6 is 0 Å². The van der Waals surface area contributed by atoms with Crippen molar-refractivity contribution in [2.45, 2.75) is 31.5 Å². The van der Waals surface area contributed by atoms with Gasteiger partial charge >= 0.3 is 6.18 Å². The van der Waals surface area contributed by atoms with Crippen LogP contribution in [0, 0.1) is 5.92 Å². The molecule has 8 heteroatoms. The van der Waals surface area contributed by atoms with Gasteiger partial charge in [0, 0.05) is 6.54 Å². The van der Waals surface area contributed by atoms with Crippen molar-refractivity contribution in [3.8, 4) is 0 Å². The van der Waals surface area contributed by atoms with Crippen molar-refractivity contribution in [1.82, 2.24) is 16.0 Å². The molecule has 1 saturated heterocycles. The van der Waals surface area contributed by atoms with E-state index >= 15 is 0 Å². The van der Waals surface area contributed by atoms with E-state index in [1.54, 1.807) is 7.05 Å². The molecule has 1 heterocycles. The minimum atomic E-state index is -4.45. The summed E-state index contributed by atoms with van der Waals surface area (Å²) in [5, 5.41) is 7.30. The first-order valence-corrected chi connectivity index (χ1v) is 6.15. The molecule has 0 spiro atoms. The van der Waals surface area contributed by atoms with Gasteiger partial charge in [-0.15, -0.1) is 0 Å². The van der Waals surface area contributed by atoms with E-state index < -0.39 is 30.0 Å². The van der Waals surface area contributed by atoms with E-state index in [2.05, 4.69) is 10.6 Å². The zero-order valence-corrected chi connectivity index (χ0v) is 10.6. The Morgan fingerprint density at radius 3 is 2.58 bits per heavy atom. The zero-order valence-electron chi connectivity index (χ0n) is 10.6. The van der Waals surface area contributed by atoms with Crippen LogP contribution in [0.25, 0.3) is 0 Å². The molecule has 0 aliphatic carbocycles. The van der Waals surface area contributed by atoms with E-state index in [4.69, 9.17) is 0 Å². The highest BCUT2D eigenvalue weighted by Gasteiger charge is 2.45. The Hall–Kier alpha value is -1.31. The van der Waals surface area contributed by atoms with Crippen molar-refractivity contribution in [2.75, 3.05) is 20.1 Å². The molecule has 2 unspecified atom stereocenters. The van der Waals surface area contributed by atoms with E-state index in [0.717, 1.165) is 0 Å². The average Bonchev–Trinajstić information content (AvgIpc) is 2.33.